The van der Waals surface area contributed by atoms with Crippen LogP contribution in [0.4, 0.5) is 0 Å². The fraction of sp³-hybridized carbons (Fsp3) is 0.636. The van der Waals surface area contributed by atoms with Crippen molar-refractivity contribution in [1.82, 2.24) is 14.6 Å². The van der Waals surface area contributed by atoms with Crippen LogP contribution in [-0.2, 0) is 23.6 Å². The van der Waals surface area contributed by atoms with Gasteiger partial charge < -0.3 is 9.88 Å². The highest BCUT2D eigenvalue weighted by atomic mass is 32.2. The SMILES string of the molecule is Cc1cc(CNCCNS(C)(=O)=O)c(C)n1C. The van der Waals surface area contributed by atoms with Crippen molar-refractivity contribution in [2.24, 2.45) is 7.05 Å². The molecule has 1 aromatic rings. The van der Waals surface area contributed by atoms with Gasteiger partial charge in [-0.05, 0) is 25.5 Å². The second kappa shape index (κ2) is 5.66. The first-order chi connectivity index (χ1) is 7.81. The van der Waals surface area contributed by atoms with Crippen molar-refractivity contribution < 1.29 is 8.42 Å². The summed E-state index contributed by atoms with van der Waals surface area (Å²) >= 11 is 0. The Bertz CT molecular complexity index is 477. The maximum atomic E-state index is 10.8. The minimum atomic E-state index is -3.07. The van der Waals surface area contributed by atoms with Gasteiger partial charge in [0, 0.05) is 38.1 Å². The van der Waals surface area contributed by atoms with Crippen molar-refractivity contribution in [1.29, 1.82) is 0 Å². The third kappa shape index (κ3) is 4.49. The Morgan fingerprint density at radius 2 is 1.94 bits per heavy atom. The molecule has 0 fully saturated rings. The van der Waals surface area contributed by atoms with E-state index in [1.807, 2.05) is 7.05 Å². The van der Waals surface area contributed by atoms with Crippen LogP contribution >= 0.6 is 0 Å². The van der Waals surface area contributed by atoms with Crippen molar-refractivity contribution in [2.75, 3.05) is 19.3 Å². The van der Waals surface area contributed by atoms with Gasteiger partial charge in [-0.15, -0.1) is 0 Å². The summed E-state index contributed by atoms with van der Waals surface area (Å²) in [6.45, 7) is 5.96. The lowest BCUT2D eigenvalue weighted by molar-refractivity contribution is 0.581. The van der Waals surface area contributed by atoms with E-state index in [1.165, 1.54) is 17.0 Å². The molecule has 2 N–H and O–H groups in total. The molecule has 1 aromatic heterocycles. The standard InChI is InChI=1S/C11H21N3O2S/c1-9-7-11(10(2)14(9)3)8-12-5-6-13-17(4,15)16/h7,12-13H,5-6,8H2,1-4H3. The largest absolute Gasteiger partial charge is 0.352 e. The van der Waals surface area contributed by atoms with E-state index in [2.05, 4.69) is 34.5 Å². The number of hydrogen-bond donors (Lipinski definition) is 2. The summed E-state index contributed by atoms with van der Waals surface area (Å²) in [5, 5.41) is 3.22. The van der Waals surface area contributed by atoms with E-state index >= 15 is 0 Å². The van der Waals surface area contributed by atoms with Gasteiger partial charge in [0.25, 0.3) is 0 Å². The van der Waals surface area contributed by atoms with Gasteiger partial charge in [-0.3, -0.25) is 0 Å². The monoisotopic (exact) mass is 259 g/mol. The average Bonchev–Trinajstić information content (AvgIpc) is 2.44. The molecule has 6 heteroatoms. The van der Waals surface area contributed by atoms with Gasteiger partial charge in [-0.1, -0.05) is 0 Å². The highest BCUT2D eigenvalue weighted by molar-refractivity contribution is 7.88. The van der Waals surface area contributed by atoms with Crippen LogP contribution in [0, 0.1) is 13.8 Å². The highest BCUT2D eigenvalue weighted by Gasteiger charge is 2.05. The Kier molecular flexibility index (Phi) is 4.73. The summed E-state index contributed by atoms with van der Waals surface area (Å²) in [4.78, 5) is 0. The molecule has 0 saturated heterocycles. The van der Waals surface area contributed by atoms with Crippen LogP contribution in [0.5, 0.6) is 0 Å². The van der Waals surface area contributed by atoms with Gasteiger partial charge in [0.05, 0.1) is 6.26 Å². The maximum Gasteiger partial charge on any atom is 0.208 e. The number of nitrogens with zero attached hydrogens (tertiary/aromatic N) is 1. The van der Waals surface area contributed by atoms with E-state index < -0.39 is 10.0 Å². The molecule has 0 radical (unpaired) electrons. The van der Waals surface area contributed by atoms with Crippen LogP contribution in [0.1, 0.15) is 17.0 Å². The van der Waals surface area contributed by atoms with E-state index in [4.69, 9.17) is 0 Å². The third-order valence-electron chi connectivity index (χ3n) is 2.86. The average molecular weight is 259 g/mol. The van der Waals surface area contributed by atoms with Crippen LogP contribution < -0.4 is 10.0 Å². The molecule has 0 bridgehead atoms. The van der Waals surface area contributed by atoms with Gasteiger partial charge in [0.15, 0.2) is 0 Å². The number of hydrogen-bond acceptors (Lipinski definition) is 3. The minimum Gasteiger partial charge on any atom is -0.352 e. The normalized spacial score (nSPS) is 12.0. The Labute approximate surface area is 103 Å². The summed E-state index contributed by atoms with van der Waals surface area (Å²) in [6.07, 6.45) is 1.16. The van der Waals surface area contributed by atoms with Crippen molar-refractivity contribution in [2.45, 2.75) is 20.4 Å². The highest BCUT2D eigenvalue weighted by Crippen LogP contribution is 2.12. The Hall–Kier alpha value is -0.850. The lowest BCUT2D eigenvalue weighted by atomic mass is 10.2. The molecule has 1 heterocycles. The zero-order chi connectivity index (χ0) is 13.1. The van der Waals surface area contributed by atoms with E-state index in [-0.39, 0.29) is 0 Å². The first-order valence-electron chi connectivity index (χ1n) is 5.58. The quantitative estimate of drug-likeness (QED) is 0.721. The second-order valence-corrected chi connectivity index (χ2v) is 6.13. The number of aryl methyl sites for hydroxylation is 1. The molecule has 0 atom stereocenters. The van der Waals surface area contributed by atoms with Crippen molar-refractivity contribution in [3.8, 4) is 0 Å². The van der Waals surface area contributed by atoms with Crippen molar-refractivity contribution in [3.63, 3.8) is 0 Å². The van der Waals surface area contributed by atoms with Crippen LogP contribution in [0.25, 0.3) is 0 Å². The molecule has 0 unspecified atom stereocenters. The van der Waals surface area contributed by atoms with Gasteiger partial charge in [0.2, 0.25) is 10.0 Å². The number of rotatable bonds is 6. The van der Waals surface area contributed by atoms with E-state index in [0.717, 1.165) is 12.8 Å². The van der Waals surface area contributed by atoms with Gasteiger partial charge in [-0.2, -0.15) is 0 Å². The van der Waals surface area contributed by atoms with Crippen LogP contribution in [-0.4, -0.2) is 32.3 Å². The molecular formula is C11H21N3O2S. The van der Waals surface area contributed by atoms with Gasteiger partial charge >= 0.3 is 0 Å². The molecule has 5 nitrogen and oxygen atoms in total. The maximum absolute atomic E-state index is 10.8. The zero-order valence-electron chi connectivity index (χ0n) is 10.9. The smallest absolute Gasteiger partial charge is 0.208 e. The molecule has 0 aromatic carbocycles. The fourth-order valence-corrected chi connectivity index (χ4v) is 2.13. The van der Waals surface area contributed by atoms with Crippen molar-refractivity contribution >= 4 is 10.0 Å². The molecule has 0 amide bonds. The van der Waals surface area contributed by atoms with Gasteiger partial charge in [-0.25, -0.2) is 13.1 Å². The first kappa shape index (κ1) is 14.2. The molecule has 17 heavy (non-hydrogen) atoms. The molecule has 0 aliphatic heterocycles. The van der Waals surface area contributed by atoms with Crippen LogP contribution in [0.2, 0.25) is 0 Å². The van der Waals surface area contributed by atoms with Crippen LogP contribution in [0.15, 0.2) is 6.07 Å². The molecule has 0 spiro atoms. The number of sulfonamides is 1. The summed E-state index contributed by atoms with van der Waals surface area (Å²) in [7, 11) is -1.03. The fourth-order valence-electron chi connectivity index (χ4n) is 1.66. The van der Waals surface area contributed by atoms with E-state index in [9.17, 15) is 8.42 Å². The Morgan fingerprint density at radius 1 is 1.29 bits per heavy atom. The Morgan fingerprint density at radius 3 is 2.41 bits per heavy atom. The predicted octanol–water partition coefficient (Wildman–Crippen LogP) is 0.281. The molecular weight excluding hydrogens is 238 g/mol. The van der Waals surface area contributed by atoms with Crippen LogP contribution in [0.3, 0.4) is 0 Å². The minimum absolute atomic E-state index is 0.420. The zero-order valence-corrected chi connectivity index (χ0v) is 11.7. The number of nitrogens with one attached hydrogen (secondary N) is 2. The lowest BCUT2D eigenvalue weighted by Gasteiger charge is -2.06. The summed E-state index contributed by atoms with van der Waals surface area (Å²) < 4.78 is 26.2. The molecule has 0 aliphatic carbocycles. The van der Waals surface area contributed by atoms with Crippen molar-refractivity contribution in [3.05, 3.63) is 23.0 Å². The topological polar surface area (TPSA) is 63.1 Å². The first-order valence-corrected chi connectivity index (χ1v) is 7.47. The summed E-state index contributed by atoms with van der Waals surface area (Å²) in [6, 6.07) is 2.15. The summed E-state index contributed by atoms with van der Waals surface area (Å²) in [5.41, 5.74) is 3.73. The molecule has 1 rings (SSSR count). The predicted molar refractivity (Wildman–Crippen MR) is 69.4 cm³/mol. The second-order valence-electron chi connectivity index (χ2n) is 4.30. The van der Waals surface area contributed by atoms with Gasteiger partial charge in [0.1, 0.15) is 0 Å². The van der Waals surface area contributed by atoms with E-state index in [0.29, 0.717) is 13.1 Å². The number of aromatic nitrogens is 1. The summed E-state index contributed by atoms with van der Waals surface area (Å²) in [5.74, 6) is 0. The molecule has 98 valence electrons. The molecule has 0 aliphatic rings. The lowest BCUT2D eigenvalue weighted by Crippen LogP contribution is -2.30. The Balaban J connectivity index is 2.34. The van der Waals surface area contributed by atoms with E-state index in [1.54, 1.807) is 0 Å². The molecule has 0 saturated carbocycles. The third-order valence-corrected chi connectivity index (χ3v) is 3.59.